The van der Waals surface area contributed by atoms with Crippen molar-refractivity contribution in [2.75, 3.05) is 5.32 Å². The molecule has 0 heterocycles. The lowest BCUT2D eigenvalue weighted by Gasteiger charge is -2.10. The van der Waals surface area contributed by atoms with Crippen molar-refractivity contribution in [1.29, 1.82) is 5.26 Å². The molecule has 0 fully saturated rings. The smallest absolute Gasteiger partial charge is 0.288 e. The fraction of sp³-hybridized carbons (Fsp3) is 0.133. The highest BCUT2D eigenvalue weighted by molar-refractivity contribution is 6.33. The number of nitriles is 1. The van der Waals surface area contributed by atoms with Gasteiger partial charge in [0, 0.05) is 18.3 Å². The number of aryl methyl sites for hydroxylation is 1. The largest absolute Gasteiger partial charge is 0.381 e. The number of nitrogens with one attached hydrogen (secondary N) is 1. The molecule has 0 atom stereocenters. The summed E-state index contributed by atoms with van der Waals surface area (Å²) in [5.74, 6) is 0. The number of benzene rings is 2. The molecule has 0 unspecified atom stereocenters. The number of hydrogen-bond donors (Lipinski definition) is 1. The molecule has 0 aliphatic rings. The van der Waals surface area contributed by atoms with Gasteiger partial charge in [-0.25, -0.2) is 0 Å². The van der Waals surface area contributed by atoms with Gasteiger partial charge in [0.05, 0.1) is 16.6 Å². The van der Waals surface area contributed by atoms with Crippen LogP contribution in [0.1, 0.15) is 16.7 Å². The lowest BCUT2D eigenvalue weighted by atomic mass is 10.1. The quantitative estimate of drug-likeness (QED) is 0.682. The molecule has 0 bridgehead atoms. The van der Waals surface area contributed by atoms with E-state index in [1.54, 1.807) is 25.1 Å². The van der Waals surface area contributed by atoms with Gasteiger partial charge in [0.2, 0.25) is 0 Å². The summed E-state index contributed by atoms with van der Waals surface area (Å²) in [6, 6.07) is 12.3. The molecule has 5 nitrogen and oxygen atoms in total. The van der Waals surface area contributed by atoms with Crippen LogP contribution < -0.4 is 5.32 Å². The first-order chi connectivity index (χ1) is 10.0. The average Bonchev–Trinajstić information content (AvgIpc) is 2.47. The fourth-order valence-corrected chi connectivity index (χ4v) is 2.18. The van der Waals surface area contributed by atoms with E-state index in [9.17, 15) is 10.1 Å². The molecule has 0 aliphatic heterocycles. The Hall–Kier alpha value is -2.58. The number of nitro benzene ring substituents is 1. The Morgan fingerprint density at radius 1 is 1.38 bits per heavy atom. The minimum Gasteiger partial charge on any atom is -0.381 e. The summed E-state index contributed by atoms with van der Waals surface area (Å²) in [5, 5.41) is 22.9. The Balaban J connectivity index is 2.19. The second kappa shape index (κ2) is 6.25. The van der Waals surface area contributed by atoms with E-state index in [0.717, 1.165) is 16.8 Å². The van der Waals surface area contributed by atoms with Crippen molar-refractivity contribution in [2.45, 2.75) is 13.5 Å². The summed E-state index contributed by atoms with van der Waals surface area (Å²) in [5.41, 5.74) is 2.90. The summed E-state index contributed by atoms with van der Waals surface area (Å²) in [4.78, 5) is 10.3. The van der Waals surface area contributed by atoms with Gasteiger partial charge in [-0.05, 0) is 36.2 Å². The van der Waals surface area contributed by atoms with Crippen molar-refractivity contribution in [2.24, 2.45) is 0 Å². The Morgan fingerprint density at radius 3 is 2.81 bits per heavy atom. The van der Waals surface area contributed by atoms with E-state index in [-0.39, 0.29) is 10.7 Å². The third-order valence-corrected chi connectivity index (χ3v) is 3.33. The fourth-order valence-electron chi connectivity index (χ4n) is 1.94. The zero-order valence-corrected chi connectivity index (χ0v) is 12.0. The topological polar surface area (TPSA) is 79.0 Å². The highest BCUT2D eigenvalue weighted by Crippen LogP contribution is 2.30. The zero-order valence-electron chi connectivity index (χ0n) is 11.3. The number of rotatable bonds is 4. The van der Waals surface area contributed by atoms with Crippen LogP contribution in [-0.4, -0.2) is 4.92 Å². The standard InChI is InChI=1S/C15H12ClN3O2/c1-10-5-15(19(20)21)13(16)7-14(10)18-9-12-4-2-3-11(6-12)8-17/h2-7,18H,9H2,1H3. The molecule has 2 aromatic rings. The van der Waals surface area contributed by atoms with Gasteiger partial charge in [-0.15, -0.1) is 0 Å². The molecule has 106 valence electrons. The zero-order chi connectivity index (χ0) is 15.4. The van der Waals surface area contributed by atoms with Crippen LogP contribution in [0, 0.1) is 28.4 Å². The summed E-state index contributed by atoms with van der Waals surface area (Å²) >= 11 is 5.90. The number of nitro groups is 1. The normalized spacial score (nSPS) is 9.95. The predicted octanol–water partition coefficient (Wildman–Crippen LogP) is 4.04. The van der Waals surface area contributed by atoms with Crippen molar-refractivity contribution >= 4 is 23.0 Å². The van der Waals surface area contributed by atoms with Crippen LogP contribution >= 0.6 is 11.6 Å². The van der Waals surface area contributed by atoms with Gasteiger partial charge in [0.1, 0.15) is 5.02 Å². The van der Waals surface area contributed by atoms with E-state index in [0.29, 0.717) is 12.1 Å². The molecule has 0 aliphatic carbocycles. The van der Waals surface area contributed by atoms with Gasteiger partial charge in [-0.2, -0.15) is 5.26 Å². The maximum Gasteiger partial charge on any atom is 0.288 e. The number of halogens is 1. The molecule has 2 rings (SSSR count). The summed E-state index contributed by atoms with van der Waals surface area (Å²) in [6.45, 7) is 2.28. The molecule has 0 saturated carbocycles. The number of anilines is 1. The van der Waals surface area contributed by atoms with Crippen LogP contribution in [0.3, 0.4) is 0 Å². The minimum atomic E-state index is -0.504. The molecule has 2 aromatic carbocycles. The molecule has 0 aromatic heterocycles. The van der Waals surface area contributed by atoms with Gasteiger partial charge in [-0.3, -0.25) is 10.1 Å². The monoisotopic (exact) mass is 301 g/mol. The Labute approximate surface area is 126 Å². The Morgan fingerprint density at radius 2 is 2.14 bits per heavy atom. The van der Waals surface area contributed by atoms with E-state index in [1.165, 1.54) is 6.07 Å². The van der Waals surface area contributed by atoms with Crippen LogP contribution in [0.5, 0.6) is 0 Å². The van der Waals surface area contributed by atoms with E-state index >= 15 is 0 Å². The lowest BCUT2D eigenvalue weighted by Crippen LogP contribution is -2.02. The highest BCUT2D eigenvalue weighted by atomic mass is 35.5. The SMILES string of the molecule is Cc1cc([N+](=O)[O-])c(Cl)cc1NCc1cccc(C#N)c1. The third kappa shape index (κ3) is 3.50. The molecule has 0 amide bonds. The van der Waals surface area contributed by atoms with E-state index in [2.05, 4.69) is 11.4 Å². The van der Waals surface area contributed by atoms with Crippen LogP contribution in [0.2, 0.25) is 5.02 Å². The third-order valence-electron chi connectivity index (χ3n) is 3.03. The first-order valence-electron chi connectivity index (χ1n) is 6.18. The first-order valence-corrected chi connectivity index (χ1v) is 6.56. The van der Waals surface area contributed by atoms with Gasteiger partial charge < -0.3 is 5.32 Å². The van der Waals surface area contributed by atoms with Gasteiger partial charge in [0.15, 0.2) is 0 Å². The molecule has 0 radical (unpaired) electrons. The molecular weight excluding hydrogens is 290 g/mol. The first kappa shape index (κ1) is 14.8. The van der Waals surface area contributed by atoms with Gasteiger partial charge >= 0.3 is 0 Å². The summed E-state index contributed by atoms with van der Waals surface area (Å²) < 4.78 is 0. The second-order valence-electron chi connectivity index (χ2n) is 4.54. The molecule has 0 spiro atoms. The molecule has 6 heteroatoms. The Kier molecular flexibility index (Phi) is 4.41. The van der Waals surface area contributed by atoms with Gasteiger partial charge in [-0.1, -0.05) is 23.7 Å². The van der Waals surface area contributed by atoms with Crippen molar-refractivity contribution < 1.29 is 4.92 Å². The Bertz CT molecular complexity index is 738. The molecule has 1 N–H and O–H groups in total. The molecule has 0 saturated heterocycles. The molecule has 21 heavy (non-hydrogen) atoms. The molecular formula is C15H12ClN3O2. The van der Waals surface area contributed by atoms with Crippen LogP contribution in [0.15, 0.2) is 36.4 Å². The van der Waals surface area contributed by atoms with Crippen LogP contribution in [-0.2, 0) is 6.54 Å². The maximum absolute atomic E-state index is 10.8. The maximum atomic E-state index is 10.8. The van der Waals surface area contributed by atoms with Crippen molar-refractivity contribution in [3.8, 4) is 6.07 Å². The average molecular weight is 302 g/mol. The van der Waals surface area contributed by atoms with Crippen molar-refractivity contribution in [1.82, 2.24) is 0 Å². The summed E-state index contributed by atoms with van der Waals surface area (Å²) in [7, 11) is 0. The van der Waals surface area contributed by atoms with Crippen molar-refractivity contribution in [3.05, 3.63) is 68.2 Å². The highest BCUT2D eigenvalue weighted by Gasteiger charge is 2.14. The van der Waals surface area contributed by atoms with E-state index < -0.39 is 4.92 Å². The van der Waals surface area contributed by atoms with Crippen LogP contribution in [0.4, 0.5) is 11.4 Å². The predicted molar refractivity (Wildman–Crippen MR) is 81.3 cm³/mol. The van der Waals surface area contributed by atoms with E-state index in [1.807, 2.05) is 12.1 Å². The van der Waals surface area contributed by atoms with E-state index in [4.69, 9.17) is 16.9 Å². The van der Waals surface area contributed by atoms with Crippen molar-refractivity contribution in [3.63, 3.8) is 0 Å². The lowest BCUT2D eigenvalue weighted by molar-refractivity contribution is -0.384. The second-order valence-corrected chi connectivity index (χ2v) is 4.95. The summed E-state index contributed by atoms with van der Waals surface area (Å²) in [6.07, 6.45) is 0. The van der Waals surface area contributed by atoms with Gasteiger partial charge in [0.25, 0.3) is 5.69 Å². The number of hydrogen-bond acceptors (Lipinski definition) is 4. The number of nitrogens with zero attached hydrogens (tertiary/aromatic N) is 2. The van der Waals surface area contributed by atoms with Crippen LogP contribution in [0.25, 0.3) is 0 Å². The minimum absolute atomic E-state index is 0.0962.